The Morgan fingerprint density at radius 2 is 1.63 bits per heavy atom. The minimum atomic E-state index is 0.972. The first kappa shape index (κ1) is 11.2. The molecule has 1 aromatic carbocycles. The topological polar surface area (TPSA) is 38.7 Å². The van der Waals surface area contributed by atoms with E-state index in [4.69, 9.17) is 0 Å². The summed E-state index contributed by atoms with van der Waals surface area (Å²) < 4.78 is 8.93. The van der Waals surface area contributed by atoms with E-state index in [0.29, 0.717) is 0 Å². The molecule has 0 aliphatic carbocycles. The normalized spacial score (nSPS) is 11.2. The Balaban J connectivity index is 2.01. The van der Waals surface area contributed by atoms with E-state index < -0.39 is 0 Å². The molecular weight excluding hydrogens is 294 g/mol. The van der Waals surface area contributed by atoms with E-state index in [1.54, 1.807) is 22.7 Å². The van der Waals surface area contributed by atoms with Gasteiger partial charge in [0.15, 0.2) is 0 Å². The fraction of sp³-hybridized carbons (Fsp3) is 0. The van der Waals surface area contributed by atoms with Crippen molar-refractivity contribution in [2.24, 2.45) is 0 Å². The first-order valence-electron chi connectivity index (χ1n) is 5.61. The average molecular weight is 301 g/mol. The number of benzene rings is 1. The van der Waals surface area contributed by atoms with Gasteiger partial charge in [0.05, 0.1) is 22.1 Å². The van der Waals surface area contributed by atoms with Crippen molar-refractivity contribution >= 4 is 45.4 Å². The van der Waals surface area contributed by atoms with Gasteiger partial charge in [0.1, 0.15) is 11.0 Å². The largest absolute Gasteiger partial charge is 0.252 e. The highest BCUT2D eigenvalue weighted by Gasteiger charge is 2.14. The minimum absolute atomic E-state index is 0.972. The molecule has 0 fully saturated rings. The number of nitrogens with zero attached hydrogens (tertiary/aromatic N) is 3. The highest BCUT2D eigenvalue weighted by molar-refractivity contribution is 7.14. The lowest BCUT2D eigenvalue weighted by Gasteiger charge is -2.02. The molecule has 4 rings (SSSR count). The van der Waals surface area contributed by atoms with Crippen LogP contribution in [0, 0.1) is 0 Å². The predicted molar refractivity (Wildman–Crippen MR) is 81.8 cm³/mol. The molecule has 0 atom stereocenters. The lowest BCUT2D eigenvalue weighted by molar-refractivity contribution is 1.42. The molecule has 19 heavy (non-hydrogen) atoms. The van der Waals surface area contributed by atoms with Crippen LogP contribution in [0.15, 0.2) is 41.4 Å². The molecular formula is C13H7N3S3. The Kier molecular flexibility index (Phi) is 2.65. The molecule has 3 aromatic heterocycles. The van der Waals surface area contributed by atoms with Crippen LogP contribution in [0.3, 0.4) is 0 Å². The number of thiazole rings is 1. The highest BCUT2D eigenvalue weighted by Crippen LogP contribution is 2.36. The lowest BCUT2D eigenvalue weighted by Crippen LogP contribution is -1.81. The van der Waals surface area contributed by atoms with Gasteiger partial charge in [-0.2, -0.15) is 8.75 Å². The molecule has 0 unspecified atom stereocenters. The Morgan fingerprint density at radius 3 is 2.26 bits per heavy atom. The van der Waals surface area contributed by atoms with Gasteiger partial charge in [-0.25, -0.2) is 0 Å². The second kappa shape index (κ2) is 4.48. The monoisotopic (exact) mass is 301 g/mol. The highest BCUT2D eigenvalue weighted by atomic mass is 32.1. The van der Waals surface area contributed by atoms with E-state index in [-0.39, 0.29) is 0 Å². The van der Waals surface area contributed by atoms with Gasteiger partial charge in [0.2, 0.25) is 0 Å². The predicted octanol–water partition coefficient (Wildman–Crippen LogP) is 4.54. The quantitative estimate of drug-likeness (QED) is 0.545. The first-order valence-corrected chi connectivity index (χ1v) is 8.10. The number of rotatable bonds is 2. The van der Waals surface area contributed by atoms with Gasteiger partial charge in [-0.3, -0.25) is 4.98 Å². The first-order chi connectivity index (χ1) is 9.43. The fourth-order valence-corrected chi connectivity index (χ4v) is 4.02. The Morgan fingerprint density at radius 1 is 0.842 bits per heavy atom. The zero-order valence-electron chi connectivity index (χ0n) is 9.61. The molecule has 0 aliphatic rings. The lowest BCUT2D eigenvalue weighted by atomic mass is 10.1. The molecule has 0 saturated carbocycles. The molecule has 0 N–H and O–H groups in total. The third-order valence-corrected chi connectivity index (χ3v) is 5.14. The second-order valence-corrected chi connectivity index (χ2v) is 6.33. The number of thiophene rings is 1. The van der Waals surface area contributed by atoms with Crippen molar-refractivity contribution in [1.82, 2.24) is 13.7 Å². The van der Waals surface area contributed by atoms with E-state index in [1.807, 2.05) is 11.7 Å². The van der Waals surface area contributed by atoms with Crippen molar-refractivity contribution in [3.63, 3.8) is 0 Å². The minimum Gasteiger partial charge on any atom is -0.252 e. The maximum atomic E-state index is 4.47. The van der Waals surface area contributed by atoms with Gasteiger partial charge in [0, 0.05) is 22.2 Å². The van der Waals surface area contributed by atoms with Gasteiger partial charge >= 0.3 is 0 Å². The van der Waals surface area contributed by atoms with Crippen molar-refractivity contribution < 1.29 is 0 Å². The number of fused-ring (bicyclic) bond motifs is 1. The zero-order chi connectivity index (χ0) is 12.7. The fourth-order valence-electron chi connectivity index (χ4n) is 2.04. The van der Waals surface area contributed by atoms with Crippen LogP contribution in [-0.4, -0.2) is 13.7 Å². The van der Waals surface area contributed by atoms with Crippen molar-refractivity contribution in [2.45, 2.75) is 0 Å². The summed E-state index contributed by atoms with van der Waals surface area (Å²) in [7, 11) is 0. The molecule has 0 aliphatic heterocycles. The number of hydrogen-bond acceptors (Lipinski definition) is 6. The summed E-state index contributed by atoms with van der Waals surface area (Å²) in [5.74, 6) is 0. The maximum Gasteiger partial charge on any atom is 0.114 e. The van der Waals surface area contributed by atoms with E-state index in [1.165, 1.54) is 16.6 Å². The van der Waals surface area contributed by atoms with Crippen LogP contribution < -0.4 is 0 Å². The summed E-state index contributed by atoms with van der Waals surface area (Å²) in [6.45, 7) is 0. The van der Waals surface area contributed by atoms with Crippen LogP contribution in [-0.2, 0) is 0 Å². The Bertz CT molecular complexity index is 748. The Hall–Kier alpha value is -1.63. The van der Waals surface area contributed by atoms with Crippen molar-refractivity contribution in [1.29, 1.82) is 0 Å². The van der Waals surface area contributed by atoms with E-state index in [2.05, 4.69) is 43.4 Å². The average Bonchev–Trinajstić information content (AvgIpc) is 3.19. The van der Waals surface area contributed by atoms with Gasteiger partial charge in [-0.05, 0) is 11.4 Å². The molecule has 4 aromatic rings. The van der Waals surface area contributed by atoms with Crippen LogP contribution in [0.25, 0.3) is 31.9 Å². The zero-order valence-corrected chi connectivity index (χ0v) is 12.1. The third-order valence-electron chi connectivity index (χ3n) is 2.90. The summed E-state index contributed by atoms with van der Waals surface area (Å²) in [6, 6.07) is 8.42. The number of hydrogen-bond donors (Lipinski definition) is 0. The molecule has 0 radical (unpaired) electrons. The molecule has 0 saturated heterocycles. The maximum absolute atomic E-state index is 4.47. The molecule has 0 spiro atoms. The summed E-state index contributed by atoms with van der Waals surface area (Å²) in [5.41, 5.74) is 6.07. The molecule has 92 valence electrons. The molecule has 0 bridgehead atoms. The van der Waals surface area contributed by atoms with E-state index >= 15 is 0 Å². The van der Waals surface area contributed by atoms with Crippen molar-refractivity contribution in [2.75, 3.05) is 0 Å². The summed E-state index contributed by atoms with van der Waals surface area (Å²) in [6.07, 6.45) is 1.88. The van der Waals surface area contributed by atoms with E-state index in [0.717, 1.165) is 27.0 Å². The van der Waals surface area contributed by atoms with Gasteiger partial charge in [-0.1, -0.05) is 18.2 Å². The van der Waals surface area contributed by atoms with Gasteiger partial charge in [0.25, 0.3) is 0 Å². The third kappa shape index (κ3) is 1.80. The molecule has 3 nitrogen and oxygen atoms in total. The van der Waals surface area contributed by atoms with Crippen LogP contribution in [0.4, 0.5) is 0 Å². The van der Waals surface area contributed by atoms with Crippen molar-refractivity contribution in [3.8, 4) is 20.9 Å². The standard InChI is InChI=1S/C13H7N3S3/c1-2-10(17-5-1)8-3-4-9(11-6-14-7-18-11)13-12(8)15-19-16-13/h1-7H. The van der Waals surface area contributed by atoms with Gasteiger partial charge in [-0.15, -0.1) is 22.7 Å². The van der Waals surface area contributed by atoms with Gasteiger partial charge < -0.3 is 0 Å². The van der Waals surface area contributed by atoms with Crippen LogP contribution >= 0.6 is 34.4 Å². The van der Waals surface area contributed by atoms with Crippen LogP contribution in [0.5, 0.6) is 0 Å². The van der Waals surface area contributed by atoms with Crippen LogP contribution in [0.1, 0.15) is 0 Å². The Labute approximate surface area is 121 Å². The number of aromatic nitrogens is 3. The SMILES string of the molecule is c1csc(-c2ccc(-c3cncs3)c3nsnc23)c1. The molecule has 6 heteroatoms. The van der Waals surface area contributed by atoms with Crippen LogP contribution in [0.2, 0.25) is 0 Å². The van der Waals surface area contributed by atoms with Crippen molar-refractivity contribution in [3.05, 3.63) is 41.4 Å². The molecule has 3 heterocycles. The summed E-state index contributed by atoms with van der Waals surface area (Å²) in [5, 5.41) is 2.08. The second-order valence-electron chi connectivity index (χ2n) is 3.97. The smallest absolute Gasteiger partial charge is 0.114 e. The summed E-state index contributed by atoms with van der Waals surface area (Å²) >= 11 is 4.62. The van der Waals surface area contributed by atoms with E-state index in [9.17, 15) is 0 Å². The summed E-state index contributed by atoms with van der Waals surface area (Å²) in [4.78, 5) is 6.50. The molecule has 0 amide bonds.